The summed E-state index contributed by atoms with van der Waals surface area (Å²) >= 11 is 0. The second-order valence-corrected chi connectivity index (χ2v) is 6.13. The molecule has 1 amide bonds. The van der Waals surface area contributed by atoms with E-state index in [4.69, 9.17) is 0 Å². The molecule has 0 bridgehead atoms. The van der Waals surface area contributed by atoms with Crippen molar-refractivity contribution < 1.29 is 4.79 Å². The number of nitrogens with zero attached hydrogens (tertiary/aromatic N) is 1. The molecular formula is C11H14N2O2S2. The van der Waals surface area contributed by atoms with Gasteiger partial charge in [0.05, 0.1) is 10.6 Å². The maximum atomic E-state index is 12.0. The van der Waals surface area contributed by atoms with Crippen LogP contribution in [0.15, 0.2) is 10.2 Å². The van der Waals surface area contributed by atoms with E-state index < -0.39 is 0 Å². The molecule has 6 heteroatoms. The molecule has 0 saturated carbocycles. The van der Waals surface area contributed by atoms with Crippen molar-refractivity contribution in [1.82, 2.24) is 4.57 Å². The van der Waals surface area contributed by atoms with E-state index in [1.165, 1.54) is 10.3 Å². The van der Waals surface area contributed by atoms with Gasteiger partial charge in [-0.2, -0.15) is 0 Å². The van der Waals surface area contributed by atoms with Crippen LogP contribution in [0, 0.1) is 5.92 Å². The molecule has 92 valence electrons. The highest BCUT2D eigenvalue weighted by Crippen LogP contribution is 2.36. The van der Waals surface area contributed by atoms with E-state index in [1.807, 2.05) is 19.2 Å². The van der Waals surface area contributed by atoms with Crippen LogP contribution in [0.4, 0.5) is 5.69 Å². The zero-order valence-electron chi connectivity index (χ0n) is 9.94. The third kappa shape index (κ3) is 2.02. The summed E-state index contributed by atoms with van der Waals surface area (Å²) in [4.78, 5) is 24.6. The molecule has 0 spiro atoms. The highest BCUT2D eigenvalue weighted by atomic mass is 32.9. The van der Waals surface area contributed by atoms with Gasteiger partial charge in [0, 0.05) is 18.3 Å². The van der Waals surface area contributed by atoms with Crippen molar-refractivity contribution in [3.8, 4) is 10.6 Å². The minimum absolute atomic E-state index is 0.0757. The zero-order valence-corrected chi connectivity index (χ0v) is 11.6. The van der Waals surface area contributed by atoms with Gasteiger partial charge in [0.1, 0.15) is 5.69 Å². The van der Waals surface area contributed by atoms with Crippen LogP contribution in [0.3, 0.4) is 0 Å². The minimum Gasteiger partial charge on any atom is -0.320 e. The molecule has 1 atom stereocenters. The standard InChI is InChI=1S/C11H14N2O2S2/c1-4-6(2)10(14)12-8-9-7(5-16-17-9)13(3)11(8)15/h5-6H,4H2,1-3H3,(H,12,14). The van der Waals surface area contributed by atoms with E-state index in [9.17, 15) is 9.59 Å². The van der Waals surface area contributed by atoms with Gasteiger partial charge in [0.25, 0.3) is 5.56 Å². The van der Waals surface area contributed by atoms with Crippen molar-refractivity contribution in [3.63, 3.8) is 0 Å². The van der Waals surface area contributed by atoms with Crippen molar-refractivity contribution >= 4 is 32.3 Å². The van der Waals surface area contributed by atoms with E-state index in [-0.39, 0.29) is 17.4 Å². The number of nitrogens with one attached hydrogen (secondary N) is 1. The first-order valence-corrected chi connectivity index (χ1v) is 7.64. The Kier molecular flexibility index (Phi) is 3.35. The van der Waals surface area contributed by atoms with Gasteiger partial charge in [-0.1, -0.05) is 34.5 Å². The SMILES string of the molecule is CCC(C)C(=O)Nc1c2sscc-2n(C)c1=O. The fraction of sp³-hybridized carbons (Fsp3) is 0.455. The van der Waals surface area contributed by atoms with Crippen LogP contribution in [0.1, 0.15) is 20.3 Å². The lowest BCUT2D eigenvalue weighted by Gasteiger charge is -2.07. The lowest BCUT2D eigenvalue weighted by atomic mass is 10.1. The number of amides is 1. The Morgan fingerprint density at radius 1 is 1.59 bits per heavy atom. The van der Waals surface area contributed by atoms with Crippen LogP contribution in [0.25, 0.3) is 10.6 Å². The first kappa shape index (κ1) is 12.3. The summed E-state index contributed by atoms with van der Waals surface area (Å²) in [6.07, 6.45) is 0.767. The van der Waals surface area contributed by atoms with E-state index in [1.54, 1.807) is 22.0 Å². The lowest BCUT2D eigenvalue weighted by molar-refractivity contribution is -0.119. The van der Waals surface area contributed by atoms with Gasteiger partial charge in [-0.05, 0) is 6.42 Å². The summed E-state index contributed by atoms with van der Waals surface area (Å²) in [6.45, 7) is 3.81. The molecule has 2 rings (SSSR count). The van der Waals surface area contributed by atoms with Crippen molar-refractivity contribution in [2.24, 2.45) is 13.0 Å². The number of carbonyl (C=O) groups is 1. The fourth-order valence-corrected chi connectivity index (χ4v) is 3.83. The van der Waals surface area contributed by atoms with Crippen LogP contribution in [-0.4, -0.2) is 10.5 Å². The Morgan fingerprint density at radius 3 is 2.94 bits per heavy atom. The van der Waals surface area contributed by atoms with E-state index >= 15 is 0 Å². The predicted octanol–water partition coefficient (Wildman–Crippen LogP) is 2.60. The van der Waals surface area contributed by atoms with Crippen LogP contribution >= 0.6 is 20.7 Å². The summed E-state index contributed by atoms with van der Waals surface area (Å²) < 4.78 is 1.58. The molecule has 17 heavy (non-hydrogen) atoms. The Labute approximate surface area is 107 Å². The van der Waals surface area contributed by atoms with Gasteiger partial charge in [0.2, 0.25) is 5.91 Å². The van der Waals surface area contributed by atoms with Crippen molar-refractivity contribution in [2.75, 3.05) is 5.32 Å². The van der Waals surface area contributed by atoms with Gasteiger partial charge in [-0.3, -0.25) is 9.59 Å². The Hall–Kier alpha value is -1.14. The third-order valence-corrected chi connectivity index (χ3v) is 5.01. The molecule has 0 aliphatic carbocycles. The summed E-state index contributed by atoms with van der Waals surface area (Å²) in [7, 11) is 4.81. The zero-order chi connectivity index (χ0) is 12.6. The van der Waals surface area contributed by atoms with Gasteiger partial charge < -0.3 is 9.88 Å². The maximum Gasteiger partial charge on any atom is 0.276 e. The largest absolute Gasteiger partial charge is 0.320 e. The summed E-state index contributed by atoms with van der Waals surface area (Å²) in [5.41, 5.74) is 1.19. The normalized spacial score (nSPS) is 12.9. The van der Waals surface area contributed by atoms with Gasteiger partial charge in [-0.15, -0.1) is 0 Å². The predicted molar refractivity (Wildman–Crippen MR) is 72.1 cm³/mol. The average Bonchev–Trinajstić information content (AvgIpc) is 2.87. The third-order valence-electron chi connectivity index (χ3n) is 2.94. The molecule has 1 N–H and O–H groups in total. The second-order valence-electron chi connectivity index (χ2n) is 4.05. The molecule has 0 saturated heterocycles. The molecule has 0 radical (unpaired) electrons. The van der Waals surface area contributed by atoms with E-state index in [2.05, 4.69) is 5.32 Å². The Balaban J connectivity index is 2.37. The quantitative estimate of drug-likeness (QED) is 0.872. The highest BCUT2D eigenvalue weighted by Gasteiger charge is 2.23. The molecule has 0 aromatic rings. The lowest BCUT2D eigenvalue weighted by Crippen LogP contribution is -2.24. The maximum absolute atomic E-state index is 12.0. The molecule has 0 fully saturated rings. The number of rotatable bonds is 3. The summed E-state index contributed by atoms with van der Waals surface area (Å²) in [6, 6.07) is 0. The number of carbonyl (C=O) groups excluding carboxylic acids is 1. The Morgan fingerprint density at radius 2 is 2.29 bits per heavy atom. The minimum atomic E-state index is -0.129. The monoisotopic (exact) mass is 270 g/mol. The van der Waals surface area contributed by atoms with Crippen LogP contribution < -0.4 is 10.9 Å². The van der Waals surface area contributed by atoms with Crippen molar-refractivity contribution in [2.45, 2.75) is 20.3 Å². The Bertz CT molecular complexity index is 567. The molecule has 4 nitrogen and oxygen atoms in total. The van der Waals surface area contributed by atoms with E-state index in [0.29, 0.717) is 5.69 Å². The van der Waals surface area contributed by atoms with Crippen LogP contribution in [0.2, 0.25) is 0 Å². The van der Waals surface area contributed by atoms with Gasteiger partial charge >= 0.3 is 0 Å². The molecule has 2 heterocycles. The molecule has 0 aromatic heterocycles. The molecule has 0 aromatic carbocycles. The highest BCUT2D eigenvalue weighted by molar-refractivity contribution is 7.70. The molecule has 2 aliphatic heterocycles. The van der Waals surface area contributed by atoms with Crippen LogP contribution in [0.5, 0.6) is 0 Å². The van der Waals surface area contributed by atoms with E-state index in [0.717, 1.165) is 17.0 Å². The number of anilines is 1. The van der Waals surface area contributed by atoms with Gasteiger partial charge in [-0.25, -0.2) is 0 Å². The molecular weight excluding hydrogens is 256 g/mol. The van der Waals surface area contributed by atoms with Crippen LogP contribution in [-0.2, 0) is 11.8 Å². The topological polar surface area (TPSA) is 51.1 Å². The first-order valence-electron chi connectivity index (χ1n) is 5.43. The second kappa shape index (κ2) is 4.62. The fourth-order valence-electron chi connectivity index (χ4n) is 1.53. The van der Waals surface area contributed by atoms with Crippen molar-refractivity contribution in [1.29, 1.82) is 0 Å². The molecule has 1 unspecified atom stereocenters. The smallest absolute Gasteiger partial charge is 0.276 e. The number of aromatic nitrogens is 1. The number of fused-ring (bicyclic) bond motifs is 1. The number of hydrogen-bond acceptors (Lipinski definition) is 4. The van der Waals surface area contributed by atoms with Gasteiger partial charge in [0.15, 0.2) is 0 Å². The van der Waals surface area contributed by atoms with Crippen molar-refractivity contribution in [3.05, 3.63) is 15.7 Å². The summed E-state index contributed by atoms with van der Waals surface area (Å²) in [5.74, 6) is -0.163. The summed E-state index contributed by atoms with van der Waals surface area (Å²) in [5, 5.41) is 4.69. The molecule has 2 aliphatic rings. The first-order chi connectivity index (χ1) is 8.06. The average molecular weight is 270 g/mol. The number of hydrogen-bond donors (Lipinski definition) is 1.